The van der Waals surface area contributed by atoms with Gasteiger partial charge < -0.3 is 5.11 Å². The van der Waals surface area contributed by atoms with Gasteiger partial charge in [-0.15, -0.1) is 6.58 Å². The Morgan fingerprint density at radius 1 is 1.62 bits per heavy atom. The fraction of sp³-hybridized carbons (Fsp3) is 0.667. The number of aliphatic hydroxyl groups is 1. The van der Waals surface area contributed by atoms with Gasteiger partial charge in [0.15, 0.2) is 0 Å². The zero-order valence-electron chi connectivity index (χ0n) is 9.30. The quantitative estimate of drug-likeness (QED) is 0.647. The second-order valence-electron chi connectivity index (χ2n) is 3.90. The maximum Gasteiger partial charge on any atom is 0.0605 e. The van der Waals surface area contributed by atoms with Gasteiger partial charge in [-0.1, -0.05) is 24.6 Å². The molecule has 13 heavy (non-hydrogen) atoms. The number of hydrogen-bond donors (Lipinski definition) is 1. The van der Waals surface area contributed by atoms with Crippen LogP contribution >= 0.6 is 0 Å². The van der Waals surface area contributed by atoms with Crippen LogP contribution in [0.5, 0.6) is 0 Å². The topological polar surface area (TPSA) is 20.2 Å². The summed E-state index contributed by atoms with van der Waals surface area (Å²) in [6.07, 6.45) is 5.61. The molecule has 0 rings (SSSR count). The Morgan fingerprint density at radius 2 is 2.15 bits per heavy atom. The van der Waals surface area contributed by atoms with Crippen LogP contribution in [-0.4, -0.2) is 11.2 Å². The number of rotatable bonds is 5. The Kier molecular flexibility index (Phi) is 5.01. The molecule has 0 aliphatic heterocycles. The summed E-state index contributed by atoms with van der Waals surface area (Å²) in [6, 6.07) is 0. The molecule has 0 saturated heterocycles. The Hall–Kier alpha value is -0.560. The highest BCUT2D eigenvalue weighted by Crippen LogP contribution is 2.35. The third-order valence-corrected chi connectivity index (χ3v) is 2.62. The monoisotopic (exact) mass is 182 g/mol. The Labute approximate surface area is 82.2 Å². The zero-order chi connectivity index (χ0) is 10.5. The molecule has 0 aliphatic rings. The Balaban J connectivity index is 4.75. The van der Waals surface area contributed by atoms with Crippen molar-refractivity contribution < 1.29 is 5.11 Å². The summed E-state index contributed by atoms with van der Waals surface area (Å²) >= 11 is 0. The first-order valence-corrected chi connectivity index (χ1v) is 4.94. The summed E-state index contributed by atoms with van der Waals surface area (Å²) in [4.78, 5) is 0. The molecule has 2 atom stereocenters. The summed E-state index contributed by atoms with van der Waals surface area (Å²) in [5, 5.41) is 9.75. The van der Waals surface area contributed by atoms with Gasteiger partial charge in [0.05, 0.1) is 6.10 Å². The largest absolute Gasteiger partial charge is 0.393 e. The highest BCUT2D eigenvalue weighted by molar-refractivity contribution is 5.08. The molecule has 0 fully saturated rings. The molecule has 0 radical (unpaired) electrons. The predicted molar refractivity (Wildman–Crippen MR) is 58.6 cm³/mol. The summed E-state index contributed by atoms with van der Waals surface area (Å²) in [5.41, 5.74) is 1.02. The highest BCUT2D eigenvalue weighted by Gasteiger charge is 2.30. The van der Waals surface area contributed by atoms with Crippen LogP contribution in [0.25, 0.3) is 0 Å². The number of allylic oxidation sites excluding steroid dienone is 2. The minimum Gasteiger partial charge on any atom is -0.393 e. The molecule has 0 bridgehead atoms. The summed E-state index contributed by atoms with van der Waals surface area (Å²) in [6.45, 7) is 11.9. The van der Waals surface area contributed by atoms with Crippen molar-refractivity contribution in [3.8, 4) is 0 Å². The highest BCUT2D eigenvalue weighted by atomic mass is 16.3. The summed E-state index contributed by atoms with van der Waals surface area (Å²) in [5.74, 6) is 0. The van der Waals surface area contributed by atoms with E-state index in [4.69, 9.17) is 0 Å². The van der Waals surface area contributed by atoms with E-state index in [9.17, 15) is 5.11 Å². The van der Waals surface area contributed by atoms with E-state index in [1.54, 1.807) is 0 Å². The molecular weight excluding hydrogens is 160 g/mol. The van der Waals surface area contributed by atoms with Crippen molar-refractivity contribution in [3.63, 3.8) is 0 Å². The predicted octanol–water partition coefficient (Wildman–Crippen LogP) is 3.31. The van der Waals surface area contributed by atoms with Crippen molar-refractivity contribution in [1.82, 2.24) is 0 Å². The molecule has 2 unspecified atom stereocenters. The minimum atomic E-state index is -0.314. The first-order chi connectivity index (χ1) is 5.98. The van der Waals surface area contributed by atoms with E-state index in [0.717, 1.165) is 18.4 Å². The smallest absolute Gasteiger partial charge is 0.0605 e. The Morgan fingerprint density at radius 3 is 2.38 bits per heavy atom. The van der Waals surface area contributed by atoms with Gasteiger partial charge in [-0.3, -0.25) is 0 Å². The second-order valence-corrected chi connectivity index (χ2v) is 3.90. The first-order valence-electron chi connectivity index (χ1n) is 4.94. The van der Waals surface area contributed by atoms with Gasteiger partial charge >= 0.3 is 0 Å². The maximum atomic E-state index is 9.75. The average molecular weight is 182 g/mol. The van der Waals surface area contributed by atoms with Crippen molar-refractivity contribution in [2.24, 2.45) is 5.41 Å². The van der Waals surface area contributed by atoms with E-state index >= 15 is 0 Å². The molecule has 76 valence electrons. The summed E-state index contributed by atoms with van der Waals surface area (Å²) in [7, 11) is 0. The van der Waals surface area contributed by atoms with E-state index in [1.807, 2.05) is 26.8 Å². The van der Waals surface area contributed by atoms with Gasteiger partial charge in [-0.2, -0.15) is 0 Å². The third kappa shape index (κ3) is 3.35. The molecule has 1 N–H and O–H groups in total. The number of hydrogen-bond acceptors (Lipinski definition) is 1. The van der Waals surface area contributed by atoms with Gasteiger partial charge in [-0.05, 0) is 33.6 Å². The average Bonchev–Trinajstić information content (AvgIpc) is 2.02. The molecule has 0 heterocycles. The van der Waals surface area contributed by atoms with Gasteiger partial charge in [0.1, 0.15) is 0 Å². The second kappa shape index (κ2) is 5.23. The van der Waals surface area contributed by atoms with Gasteiger partial charge in [0, 0.05) is 5.41 Å². The third-order valence-electron chi connectivity index (χ3n) is 2.62. The maximum absolute atomic E-state index is 9.75. The first kappa shape index (κ1) is 12.4. The van der Waals surface area contributed by atoms with E-state index in [2.05, 4.69) is 19.6 Å². The van der Waals surface area contributed by atoms with Crippen molar-refractivity contribution in [1.29, 1.82) is 0 Å². The van der Waals surface area contributed by atoms with Crippen LogP contribution in [0.15, 0.2) is 24.3 Å². The molecule has 0 aromatic rings. The molecule has 0 aromatic carbocycles. The van der Waals surface area contributed by atoms with Crippen molar-refractivity contribution in [2.75, 3.05) is 0 Å². The lowest BCUT2D eigenvalue weighted by Gasteiger charge is -2.33. The van der Waals surface area contributed by atoms with Gasteiger partial charge in [-0.25, -0.2) is 0 Å². The van der Waals surface area contributed by atoms with Crippen LogP contribution in [0.3, 0.4) is 0 Å². The van der Waals surface area contributed by atoms with E-state index in [1.165, 1.54) is 0 Å². The molecular formula is C12H22O. The molecule has 1 nitrogen and oxygen atoms in total. The molecule has 0 aliphatic carbocycles. The molecule has 0 aromatic heterocycles. The minimum absolute atomic E-state index is 0.111. The Bertz CT molecular complexity index is 191. The molecule has 1 heteroatoms. The van der Waals surface area contributed by atoms with Gasteiger partial charge in [0.25, 0.3) is 0 Å². The van der Waals surface area contributed by atoms with E-state index in [-0.39, 0.29) is 11.5 Å². The lowest BCUT2D eigenvalue weighted by atomic mass is 9.75. The van der Waals surface area contributed by atoms with Crippen LogP contribution in [0, 0.1) is 5.41 Å². The van der Waals surface area contributed by atoms with E-state index < -0.39 is 0 Å². The van der Waals surface area contributed by atoms with Crippen molar-refractivity contribution >= 4 is 0 Å². The molecule has 0 saturated carbocycles. The number of aliphatic hydroxyl groups excluding tert-OH is 1. The van der Waals surface area contributed by atoms with Crippen molar-refractivity contribution in [2.45, 2.75) is 46.6 Å². The lowest BCUT2D eigenvalue weighted by molar-refractivity contribution is 0.0712. The van der Waals surface area contributed by atoms with Crippen LogP contribution in [0.4, 0.5) is 0 Å². The molecule has 0 spiro atoms. The fourth-order valence-electron chi connectivity index (χ4n) is 1.78. The van der Waals surface area contributed by atoms with Crippen LogP contribution < -0.4 is 0 Å². The fourth-order valence-corrected chi connectivity index (χ4v) is 1.78. The van der Waals surface area contributed by atoms with Crippen LogP contribution in [-0.2, 0) is 0 Å². The normalized spacial score (nSPS) is 18.5. The standard InChI is InChI=1S/C12H22O/c1-6-8-12(7-2,11(5)13)9-10(3)4/h6,8,11,13H,3,7,9H2,1-2,4-5H3/b8-6+. The summed E-state index contributed by atoms with van der Waals surface area (Å²) < 4.78 is 0. The van der Waals surface area contributed by atoms with Crippen molar-refractivity contribution in [3.05, 3.63) is 24.3 Å². The SMILES string of the molecule is C=C(C)CC(/C=C/C)(CC)C(C)O. The van der Waals surface area contributed by atoms with Crippen LogP contribution in [0.2, 0.25) is 0 Å². The zero-order valence-corrected chi connectivity index (χ0v) is 9.30. The van der Waals surface area contributed by atoms with Crippen LogP contribution in [0.1, 0.15) is 40.5 Å². The molecule has 0 amide bonds. The van der Waals surface area contributed by atoms with E-state index in [0.29, 0.717) is 0 Å². The lowest BCUT2D eigenvalue weighted by Crippen LogP contribution is -2.30. The van der Waals surface area contributed by atoms with Gasteiger partial charge in [0.2, 0.25) is 0 Å².